The number of esters is 1. The zero-order chi connectivity index (χ0) is 25.9. The number of alkyl halides is 6. The number of rotatable bonds is 11. The van der Waals surface area contributed by atoms with E-state index in [4.69, 9.17) is 4.74 Å². The molecule has 1 rings (SSSR count). The summed E-state index contributed by atoms with van der Waals surface area (Å²) < 4.78 is 118. The summed E-state index contributed by atoms with van der Waals surface area (Å²) in [6, 6.07) is 0. The van der Waals surface area contributed by atoms with Crippen LogP contribution in [0.3, 0.4) is 0 Å². The monoisotopic (exact) mass is 531 g/mol. The summed E-state index contributed by atoms with van der Waals surface area (Å²) >= 11 is 0. The van der Waals surface area contributed by atoms with Gasteiger partial charge in [0.05, 0.1) is 19.7 Å². The summed E-state index contributed by atoms with van der Waals surface area (Å²) in [4.78, 5) is 10.8. The maximum absolute atomic E-state index is 11.4. The number of carbonyl (C=O) groups is 1. The molecule has 0 N–H and O–H groups in total. The number of ether oxygens (including phenoxy) is 1. The molecule has 0 bridgehead atoms. The molecule has 17 heteroatoms. The maximum atomic E-state index is 11.4. The lowest BCUT2D eigenvalue weighted by molar-refractivity contribution is -0.696. The van der Waals surface area contributed by atoms with Gasteiger partial charge in [-0.2, -0.15) is 26.3 Å². The summed E-state index contributed by atoms with van der Waals surface area (Å²) in [6.45, 7) is 8.06. The summed E-state index contributed by atoms with van der Waals surface area (Å²) in [5.74, 6) is -0.327. The van der Waals surface area contributed by atoms with E-state index in [1.54, 1.807) is 0 Å². The number of hydrogen-bond acceptors (Lipinski definition) is 6. The van der Waals surface area contributed by atoms with E-state index in [0.29, 0.717) is 6.61 Å². The number of hydrogen-bond donors (Lipinski definition) is 0. The lowest BCUT2D eigenvalue weighted by atomic mass is 10.2. The van der Waals surface area contributed by atoms with Gasteiger partial charge in [0.15, 0.2) is 20.0 Å². The molecular weight excluding hydrogens is 508 g/mol. The molecule has 0 aromatic carbocycles. The van der Waals surface area contributed by atoms with Gasteiger partial charge < -0.3 is 8.86 Å². The van der Waals surface area contributed by atoms with E-state index in [2.05, 4.69) is 41.4 Å². The molecule has 9 nitrogen and oxygen atoms in total. The van der Waals surface area contributed by atoms with Crippen LogP contribution in [0.1, 0.15) is 32.6 Å². The fourth-order valence-corrected chi connectivity index (χ4v) is 3.66. The van der Waals surface area contributed by atoms with Crippen LogP contribution < -0.4 is 4.57 Å². The smallest absolute Gasteiger partial charge is 0.463 e. The largest absolute Gasteiger partial charge is 0.480 e. The molecule has 0 fully saturated rings. The lowest BCUT2D eigenvalue weighted by Gasteiger charge is -2.22. The SMILES string of the molecule is C=CC(=O)OCCCCCC[n+]1ccn(CC)c1.O=S(=O)([N-]S(=O)(=O)C(F)(F)F)C(F)(F)F. The molecule has 1 aromatic heterocycles. The number of halogens is 6. The molecule has 0 aliphatic heterocycles. The highest BCUT2D eigenvalue weighted by atomic mass is 32.3. The molecule has 0 saturated heterocycles. The number of imidazole rings is 1. The number of aromatic nitrogens is 2. The van der Waals surface area contributed by atoms with Gasteiger partial charge in [0, 0.05) is 6.08 Å². The first-order valence-electron chi connectivity index (χ1n) is 9.17. The molecule has 0 amide bonds. The van der Waals surface area contributed by atoms with Gasteiger partial charge in [-0.05, 0) is 32.6 Å². The Kier molecular flexibility index (Phi) is 12.1. The molecule has 1 heterocycles. The van der Waals surface area contributed by atoms with Crippen molar-refractivity contribution in [3.63, 3.8) is 0 Å². The molecule has 192 valence electrons. The predicted octanol–water partition coefficient (Wildman–Crippen LogP) is 3.14. The Balaban J connectivity index is 0.000000633. The standard InChI is InChI=1S/C14H23N2O2.C2F6NO4S2/c1-3-14(17)18-12-8-6-5-7-9-16-11-10-15(4-2)13-16;3-1(4,5)14(10,11)9-15(12,13)2(6,7)8/h3,10-11,13H,1,4-9,12H2,2H3;/q+1;-1. The average Bonchev–Trinajstić information content (AvgIpc) is 3.13. The zero-order valence-corrected chi connectivity index (χ0v) is 19.0. The first kappa shape index (κ1) is 30.9. The summed E-state index contributed by atoms with van der Waals surface area (Å²) in [6.07, 6.45) is 11.9. The Hall–Kier alpha value is -2.14. The van der Waals surface area contributed by atoms with Crippen LogP contribution in [0.4, 0.5) is 26.3 Å². The quantitative estimate of drug-likeness (QED) is 0.142. The molecule has 1 aromatic rings. The molecule has 33 heavy (non-hydrogen) atoms. The Bertz CT molecular complexity index is 930. The number of aryl methyl sites for hydroxylation is 2. The van der Waals surface area contributed by atoms with Crippen molar-refractivity contribution < 1.29 is 57.3 Å². The highest BCUT2D eigenvalue weighted by Crippen LogP contribution is 2.36. The maximum Gasteiger partial charge on any atom is 0.480 e. The minimum Gasteiger partial charge on any atom is -0.463 e. The topological polar surface area (TPSA) is 117 Å². The van der Waals surface area contributed by atoms with Crippen molar-refractivity contribution in [2.24, 2.45) is 0 Å². The molecule has 0 aliphatic rings. The van der Waals surface area contributed by atoms with Crippen molar-refractivity contribution >= 4 is 26.0 Å². The summed E-state index contributed by atoms with van der Waals surface area (Å²) in [7, 11) is -13.4. The van der Waals surface area contributed by atoms with Crippen LogP contribution >= 0.6 is 0 Å². The molecule has 0 unspecified atom stereocenters. The van der Waals surface area contributed by atoms with E-state index in [0.717, 1.165) is 42.9 Å². The number of sulfonamides is 2. The average molecular weight is 531 g/mol. The van der Waals surface area contributed by atoms with Crippen molar-refractivity contribution in [1.82, 2.24) is 4.57 Å². The van der Waals surface area contributed by atoms with Gasteiger partial charge in [0.25, 0.3) is 0 Å². The Morgan fingerprint density at radius 2 is 1.55 bits per heavy atom. The second kappa shape index (κ2) is 12.9. The fraction of sp³-hybridized carbons (Fsp3) is 0.625. The highest BCUT2D eigenvalue weighted by Gasteiger charge is 2.46. The minimum atomic E-state index is -6.72. The van der Waals surface area contributed by atoms with Crippen LogP contribution in [0.5, 0.6) is 0 Å². The van der Waals surface area contributed by atoms with E-state index in [9.17, 15) is 48.0 Å². The Morgan fingerprint density at radius 3 is 1.97 bits per heavy atom. The van der Waals surface area contributed by atoms with Crippen LogP contribution in [0, 0.1) is 0 Å². The first-order valence-corrected chi connectivity index (χ1v) is 12.1. The highest BCUT2D eigenvalue weighted by molar-refractivity contribution is 8.13. The van der Waals surface area contributed by atoms with Gasteiger partial charge in [-0.1, -0.05) is 6.58 Å². The number of carbonyl (C=O) groups excluding carboxylic acids is 1. The van der Waals surface area contributed by atoms with Crippen molar-refractivity contribution in [2.75, 3.05) is 6.61 Å². The van der Waals surface area contributed by atoms with E-state index in [-0.39, 0.29) is 5.97 Å². The van der Waals surface area contributed by atoms with Crippen LogP contribution in [-0.4, -0.2) is 45.0 Å². The van der Waals surface area contributed by atoms with Crippen LogP contribution in [0.15, 0.2) is 31.4 Å². The van der Waals surface area contributed by atoms with Gasteiger partial charge in [-0.15, -0.1) is 0 Å². The van der Waals surface area contributed by atoms with E-state index in [1.807, 2.05) is 0 Å². The van der Waals surface area contributed by atoms with Gasteiger partial charge in [0.1, 0.15) is 12.4 Å². The lowest BCUT2D eigenvalue weighted by Crippen LogP contribution is -2.30. The van der Waals surface area contributed by atoms with Crippen LogP contribution in [0.2, 0.25) is 0 Å². The van der Waals surface area contributed by atoms with Crippen LogP contribution in [-0.2, 0) is 42.7 Å². The third kappa shape index (κ3) is 11.5. The van der Waals surface area contributed by atoms with Gasteiger partial charge in [-0.3, -0.25) is 0 Å². The molecule has 0 saturated carbocycles. The molecular formula is C16H23F6N3O6S2. The van der Waals surface area contributed by atoms with Gasteiger partial charge >= 0.3 is 17.0 Å². The minimum absolute atomic E-state index is 0.327. The Morgan fingerprint density at radius 1 is 1.03 bits per heavy atom. The predicted molar refractivity (Wildman–Crippen MR) is 103 cm³/mol. The van der Waals surface area contributed by atoms with Crippen molar-refractivity contribution in [2.45, 2.75) is 56.7 Å². The third-order valence-electron chi connectivity index (χ3n) is 3.61. The first-order chi connectivity index (χ1) is 15.0. The Labute approximate surface area is 187 Å². The van der Waals surface area contributed by atoms with E-state index in [1.165, 1.54) is 6.08 Å². The van der Waals surface area contributed by atoms with Gasteiger partial charge in [0.2, 0.25) is 6.33 Å². The molecule has 0 atom stereocenters. The molecule has 0 spiro atoms. The summed E-state index contributed by atoms with van der Waals surface area (Å²) in [5, 5.41) is 0. The zero-order valence-electron chi connectivity index (χ0n) is 17.3. The van der Waals surface area contributed by atoms with Crippen molar-refractivity contribution in [1.29, 1.82) is 0 Å². The fourth-order valence-electron chi connectivity index (χ4n) is 1.95. The third-order valence-corrected chi connectivity index (χ3v) is 6.35. The van der Waals surface area contributed by atoms with Gasteiger partial charge in [-0.25, -0.2) is 30.8 Å². The molecule has 0 radical (unpaired) electrons. The number of unbranched alkanes of at least 4 members (excludes halogenated alkanes) is 3. The summed E-state index contributed by atoms with van der Waals surface area (Å²) in [5.41, 5.74) is -12.4. The number of nitrogens with zero attached hydrogens (tertiary/aromatic N) is 3. The normalized spacial score (nSPS) is 12.6. The van der Waals surface area contributed by atoms with Crippen molar-refractivity contribution in [3.8, 4) is 0 Å². The van der Waals surface area contributed by atoms with E-state index < -0.39 is 31.1 Å². The molecule has 0 aliphatic carbocycles. The second-order valence-corrected chi connectivity index (χ2v) is 9.61. The second-order valence-electron chi connectivity index (χ2n) is 6.18. The van der Waals surface area contributed by atoms with E-state index >= 15 is 0 Å². The van der Waals surface area contributed by atoms with Crippen molar-refractivity contribution in [3.05, 3.63) is 35.5 Å². The van der Waals surface area contributed by atoms with Crippen LogP contribution in [0.25, 0.3) is 4.13 Å².